The zero-order chi connectivity index (χ0) is 11.4. The summed E-state index contributed by atoms with van der Waals surface area (Å²) in [7, 11) is 0. The maximum Gasteiger partial charge on any atom is 0.320 e. The molecule has 0 aliphatic heterocycles. The van der Waals surface area contributed by atoms with Gasteiger partial charge in [-0.3, -0.25) is 9.59 Å². The largest absolute Gasteiger partial charge is 0.480 e. The first-order valence-corrected chi connectivity index (χ1v) is 4.42. The normalized spacial score (nSPS) is 12.5. The van der Waals surface area contributed by atoms with Gasteiger partial charge in [0, 0.05) is 23.5 Å². The van der Waals surface area contributed by atoms with Crippen molar-refractivity contribution >= 4 is 11.9 Å². The predicted octanol–water partition coefficient (Wildman–Crippen LogP) is 0.518. The van der Waals surface area contributed by atoms with Crippen LogP contribution in [0.1, 0.15) is 33.6 Å². The summed E-state index contributed by atoms with van der Waals surface area (Å²) in [4.78, 5) is 21.4. The minimum atomic E-state index is -1.10. The molecule has 0 bridgehead atoms. The second-order valence-corrected chi connectivity index (χ2v) is 4.07. The minimum Gasteiger partial charge on any atom is -0.480 e. The molecule has 0 aromatic heterocycles. The third kappa shape index (κ3) is 9.72. The van der Waals surface area contributed by atoms with Crippen LogP contribution in [0.15, 0.2) is 0 Å². The first-order valence-electron chi connectivity index (χ1n) is 4.42. The van der Waals surface area contributed by atoms with Gasteiger partial charge in [-0.2, -0.15) is 0 Å². The summed E-state index contributed by atoms with van der Waals surface area (Å²) in [6.07, 6.45) is 0.134. The number of rotatable bonds is 4. The van der Waals surface area contributed by atoms with Crippen LogP contribution in [0.4, 0.5) is 0 Å². The Labute approximate surface area is 99.8 Å². The van der Waals surface area contributed by atoms with Crippen molar-refractivity contribution in [2.24, 2.45) is 5.73 Å². The van der Waals surface area contributed by atoms with Gasteiger partial charge in [-0.05, 0) is 27.2 Å². The van der Waals surface area contributed by atoms with E-state index < -0.39 is 23.6 Å². The Morgan fingerprint density at radius 1 is 1.40 bits per heavy atom. The molecule has 0 fully saturated rings. The van der Waals surface area contributed by atoms with Gasteiger partial charge in [-0.15, -0.1) is 0 Å². The van der Waals surface area contributed by atoms with Crippen molar-refractivity contribution in [3.8, 4) is 0 Å². The van der Waals surface area contributed by atoms with Gasteiger partial charge in [-0.25, -0.2) is 0 Å². The number of hydrogen-bond donors (Lipinski definition) is 2. The van der Waals surface area contributed by atoms with Gasteiger partial charge in [0.25, 0.3) is 0 Å². The number of carbonyl (C=O) groups is 2. The van der Waals surface area contributed by atoms with Crippen molar-refractivity contribution in [3.05, 3.63) is 0 Å². The number of aliphatic carboxylic acids is 1. The Bertz CT molecular complexity index is 225. The van der Waals surface area contributed by atoms with Crippen LogP contribution >= 0.6 is 0 Å². The molecular formula is C9H17CuNO4. The fourth-order valence-corrected chi connectivity index (χ4v) is 0.789. The Hall–Kier alpha value is -0.581. The molecule has 0 saturated carbocycles. The third-order valence-electron chi connectivity index (χ3n) is 1.40. The second-order valence-electron chi connectivity index (χ2n) is 4.07. The molecule has 0 amide bonds. The van der Waals surface area contributed by atoms with Crippen LogP contribution < -0.4 is 5.73 Å². The number of carboxylic acid groups (broad SMARTS) is 1. The zero-order valence-electron chi connectivity index (χ0n) is 9.04. The summed E-state index contributed by atoms with van der Waals surface area (Å²) in [6.45, 7) is 5.26. The first-order chi connectivity index (χ1) is 6.22. The summed E-state index contributed by atoms with van der Waals surface area (Å²) < 4.78 is 4.98. The van der Waals surface area contributed by atoms with E-state index in [1.807, 2.05) is 0 Å². The monoisotopic (exact) mass is 266 g/mol. The minimum absolute atomic E-state index is 0. The molecule has 6 heteroatoms. The number of carboxylic acids is 1. The summed E-state index contributed by atoms with van der Waals surface area (Å²) in [5, 5.41) is 8.45. The molecule has 0 saturated heterocycles. The van der Waals surface area contributed by atoms with E-state index in [-0.39, 0.29) is 29.9 Å². The van der Waals surface area contributed by atoms with Crippen LogP contribution in [-0.2, 0) is 31.4 Å². The van der Waals surface area contributed by atoms with E-state index in [0.29, 0.717) is 0 Å². The average Bonchev–Trinajstić information content (AvgIpc) is 1.96. The van der Waals surface area contributed by atoms with Crippen LogP contribution in [0.25, 0.3) is 0 Å². The predicted molar refractivity (Wildman–Crippen MR) is 50.7 cm³/mol. The van der Waals surface area contributed by atoms with E-state index in [2.05, 4.69) is 0 Å². The van der Waals surface area contributed by atoms with Crippen LogP contribution in [0, 0.1) is 0 Å². The molecule has 0 aliphatic rings. The molecule has 0 aromatic carbocycles. The van der Waals surface area contributed by atoms with E-state index in [1.165, 1.54) is 0 Å². The van der Waals surface area contributed by atoms with E-state index in [1.54, 1.807) is 20.8 Å². The van der Waals surface area contributed by atoms with Gasteiger partial charge in [-0.1, -0.05) is 0 Å². The fourth-order valence-electron chi connectivity index (χ4n) is 0.789. The van der Waals surface area contributed by atoms with Crippen molar-refractivity contribution in [2.75, 3.05) is 0 Å². The Morgan fingerprint density at radius 2 is 1.87 bits per heavy atom. The second kappa shape index (κ2) is 6.82. The average molecular weight is 267 g/mol. The molecule has 0 aliphatic carbocycles. The summed E-state index contributed by atoms with van der Waals surface area (Å²) in [5.74, 6) is -1.53. The fraction of sp³-hybridized carbons (Fsp3) is 0.778. The molecule has 0 spiro atoms. The summed E-state index contributed by atoms with van der Waals surface area (Å²) >= 11 is 0. The molecule has 1 unspecified atom stereocenters. The van der Waals surface area contributed by atoms with E-state index in [0.717, 1.165) is 0 Å². The molecule has 1 atom stereocenters. The molecule has 0 aromatic rings. The molecule has 1 radical (unpaired) electrons. The van der Waals surface area contributed by atoms with Crippen molar-refractivity contribution in [1.82, 2.24) is 0 Å². The maximum absolute atomic E-state index is 11.1. The van der Waals surface area contributed by atoms with Gasteiger partial charge in [0.1, 0.15) is 11.6 Å². The van der Waals surface area contributed by atoms with Crippen LogP contribution in [0.3, 0.4) is 0 Å². The van der Waals surface area contributed by atoms with Gasteiger partial charge < -0.3 is 15.6 Å². The number of nitrogens with two attached hydrogens (primary N) is 1. The van der Waals surface area contributed by atoms with Gasteiger partial charge in [0.15, 0.2) is 0 Å². The van der Waals surface area contributed by atoms with Crippen molar-refractivity contribution in [1.29, 1.82) is 0 Å². The number of hydrogen-bond acceptors (Lipinski definition) is 4. The Kier molecular flexibility index (Phi) is 7.66. The van der Waals surface area contributed by atoms with E-state index in [4.69, 9.17) is 15.6 Å². The van der Waals surface area contributed by atoms with Crippen LogP contribution in [-0.4, -0.2) is 28.7 Å². The number of esters is 1. The van der Waals surface area contributed by atoms with Gasteiger partial charge >= 0.3 is 11.9 Å². The molecule has 15 heavy (non-hydrogen) atoms. The smallest absolute Gasteiger partial charge is 0.320 e. The Balaban J connectivity index is 0. The SMILES string of the molecule is CC(C)(C)OC(=O)CCC(N)C(=O)O.[Cu]. The molecular weight excluding hydrogens is 250 g/mol. The van der Waals surface area contributed by atoms with Gasteiger partial charge in [0.05, 0.1) is 0 Å². The molecule has 0 heterocycles. The molecule has 93 valence electrons. The van der Waals surface area contributed by atoms with Crippen molar-refractivity contribution in [2.45, 2.75) is 45.3 Å². The number of ether oxygens (including phenoxy) is 1. The quantitative estimate of drug-likeness (QED) is 0.572. The molecule has 0 rings (SSSR count). The molecule has 3 N–H and O–H groups in total. The van der Waals surface area contributed by atoms with Crippen LogP contribution in [0.2, 0.25) is 0 Å². The Morgan fingerprint density at radius 3 is 2.20 bits per heavy atom. The van der Waals surface area contributed by atoms with E-state index >= 15 is 0 Å². The summed E-state index contributed by atoms with van der Waals surface area (Å²) in [6, 6.07) is -0.998. The van der Waals surface area contributed by atoms with E-state index in [9.17, 15) is 9.59 Å². The van der Waals surface area contributed by atoms with Crippen molar-refractivity contribution < 1.29 is 36.5 Å². The number of carbonyl (C=O) groups excluding carboxylic acids is 1. The third-order valence-corrected chi connectivity index (χ3v) is 1.40. The standard InChI is InChI=1S/C9H17NO4.Cu/c1-9(2,3)14-7(11)5-4-6(10)8(12)13;/h6H,4-5,10H2,1-3H3,(H,12,13);. The zero-order valence-corrected chi connectivity index (χ0v) is 9.98. The van der Waals surface area contributed by atoms with Crippen molar-refractivity contribution in [3.63, 3.8) is 0 Å². The van der Waals surface area contributed by atoms with Crippen LogP contribution in [0.5, 0.6) is 0 Å². The first kappa shape index (κ1) is 16.8. The van der Waals surface area contributed by atoms with Gasteiger partial charge in [0.2, 0.25) is 0 Å². The summed E-state index contributed by atoms with van der Waals surface area (Å²) in [5.41, 5.74) is 4.68. The topological polar surface area (TPSA) is 89.6 Å². The maximum atomic E-state index is 11.1. The molecule has 5 nitrogen and oxygen atoms in total.